The smallest absolute Gasteiger partial charge is 0.307 e. The molecule has 184 valence electrons. The molecule has 4 rings (SSSR count). The predicted octanol–water partition coefficient (Wildman–Crippen LogP) is 7.48. The summed E-state index contributed by atoms with van der Waals surface area (Å²) in [4.78, 5) is 12.6. The Balaban J connectivity index is 1.51. The van der Waals surface area contributed by atoms with E-state index in [1.807, 2.05) is 48.5 Å². The van der Waals surface area contributed by atoms with Gasteiger partial charge in [0, 0.05) is 19.0 Å². The van der Waals surface area contributed by atoms with Gasteiger partial charge in [0.05, 0.1) is 16.9 Å². The third-order valence-corrected chi connectivity index (χ3v) is 7.15. The van der Waals surface area contributed by atoms with Crippen molar-refractivity contribution in [3.8, 4) is 11.5 Å². The van der Waals surface area contributed by atoms with Gasteiger partial charge in [0.2, 0.25) is 0 Å². The average molecular weight is 771 g/mol. The van der Waals surface area contributed by atoms with Gasteiger partial charge in [-0.05, 0) is 105 Å². The van der Waals surface area contributed by atoms with Crippen LogP contribution in [0.1, 0.15) is 27.2 Å². The number of nitrogens with zero attached hydrogens (tertiary/aromatic N) is 1. The van der Waals surface area contributed by atoms with Crippen molar-refractivity contribution in [3.05, 3.63) is 101 Å². The molecule has 1 amide bonds. The van der Waals surface area contributed by atoms with Gasteiger partial charge in [0.15, 0.2) is 17.3 Å². The van der Waals surface area contributed by atoms with E-state index >= 15 is 0 Å². The second-order valence-electron chi connectivity index (χ2n) is 7.74. The molecular weight excluding hydrogens is 750 g/mol. The van der Waals surface area contributed by atoms with Crippen molar-refractivity contribution in [1.82, 2.24) is 5.43 Å². The van der Waals surface area contributed by atoms with E-state index in [9.17, 15) is 4.79 Å². The highest BCUT2D eigenvalue weighted by Gasteiger charge is 2.15. The van der Waals surface area contributed by atoms with Gasteiger partial charge in [-0.1, -0.05) is 34.1 Å². The number of hydrogen-bond acceptors (Lipinski definition) is 5. The highest BCUT2D eigenvalue weighted by atomic mass is 127. The third kappa shape index (κ3) is 6.48. The van der Waals surface area contributed by atoms with Gasteiger partial charge in [-0.15, -0.1) is 6.58 Å². The molecule has 0 fully saturated rings. The number of rotatable bonds is 9. The number of nitrogens with one attached hydrogen (secondary N) is 1. The van der Waals surface area contributed by atoms with Crippen LogP contribution in [0.5, 0.6) is 11.5 Å². The molecule has 0 radical (unpaired) electrons. The Kier molecular flexibility index (Phi) is 9.07. The van der Waals surface area contributed by atoms with Gasteiger partial charge in [0.1, 0.15) is 12.2 Å². The lowest BCUT2D eigenvalue weighted by atomic mass is 10.1. The fourth-order valence-electron chi connectivity index (χ4n) is 3.53. The van der Waals surface area contributed by atoms with E-state index in [2.05, 4.69) is 78.2 Å². The van der Waals surface area contributed by atoms with Crippen molar-refractivity contribution >= 4 is 84.2 Å². The number of amides is 1. The van der Waals surface area contributed by atoms with Crippen molar-refractivity contribution in [2.24, 2.45) is 5.10 Å². The first-order chi connectivity index (χ1) is 17.4. The van der Waals surface area contributed by atoms with Gasteiger partial charge in [-0.3, -0.25) is 4.79 Å². The first-order valence-corrected chi connectivity index (χ1v) is 13.7. The Labute approximate surface area is 244 Å². The van der Waals surface area contributed by atoms with Crippen LogP contribution in [0.3, 0.4) is 0 Å². The summed E-state index contributed by atoms with van der Waals surface area (Å²) in [6.45, 7) is 4.27. The van der Waals surface area contributed by atoms with E-state index in [4.69, 9.17) is 13.9 Å². The number of methoxy groups -OCH3 is 1. The second kappa shape index (κ2) is 12.2. The maximum absolute atomic E-state index is 12.6. The third-order valence-electron chi connectivity index (χ3n) is 5.17. The van der Waals surface area contributed by atoms with E-state index in [1.165, 1.54) is 3.57 Å². The number of hydrazone groups is 1. The summed E-state index contributed by atoms with van der Waals surface area (Å²) in [5, 5.41) is 4.95. The zero-order valence-corrected chi connectivity index (χ0v) is 25.1. The van der Waals surface area contributed by atoms with E-state index in [1.54, 1.807) is 25.5 Å². The molecule has 0 spiro atoms. The molecule has 9 heteroatoms. The number of ether oxygens (including phenoxy) is 2. The SMILES string of the molecule is C=CCc1cc(/C=N\NC(=O)c2cc3cc(Br)cc(I)c3o2)cc(OC)c1OCc1ccc(I)cc1. The topological polar surface area (TPSA) is 73.1 Å². The number of fused-ring (bicyclic) bond motifs is 1. The molecule has 6 nitrogen and oxygen atoms in total. The highest BCUT2D eigenvalue weighted by Crippen LogP contribution is 2.34. The molecular formula is C27H21BrI2N2O4. The molecule has 0 aliphatic rings. The molecule has 0 aliphatic heterocycles. The molecule has 1 N–H and O–H groups in total. The Bertz CT molecular complexity index is 1450. The quantitative estimate of drug-likeness (QED) is 0.0830. The number of allylic oxidation sites excluding steroid dienone is 1. The molecule has 0 atom stereocenters. The number of halogens is 3. The van der Waals surface area contributed by atoms with Gasteiger partial charge in [-0.25, -0.2) is 5.43 Å². The lowest BCUT2D eigenvalue weighted by Crippen LogP contribution is -2.16. The number of furan rings is 1. The van der Waals surface area contributed by atoms with E-state index in [-0.39, 0.29) is 5.76 Å². The molecule has 36 heavy (non-hydrogen) atoms. The number of carbonyl (C=O) groups is 1. The number of hydrogen-bond donors (Lipinski definition) is 1. The molecule has 1 aromatic heterocycles. The molecule has 3 aromatic carbocycles. The van der Waals surface area contributed by atoms with Crippen LogP contribution in [0.2, 0.25) is 0 Å². The van der Waals surface area contributed by atoms with Crippen LogP contribution in [0.4, 0.5) is 0 Å². The highest BCUT2D eigenvalue weighted by molar-refractivity contribution is 14.1. The number of carbonyl (C=O) groups excluding carboxylic acids is 1. The summed E-state index contributed by atoms with van der Waals surface area (Å²) >= 11 is 7.90. The molecule has 0 unspecified atom stereocenters. The van der Waals surface area contributed by atoms with E-state index in [0.29, 0.717) is 30.1 Å². The maximum Gasteiger partial charge on any atom is 0.307 e. The van der Waals surface area contributed by atoms with Crippen LogP contribution in [-0.4, -0.2) is 19.2 Å². The summed E-state index contributed by atoms with van der Waals surface area (Å²) in [7, 11) is 1.59. The first kappa shape index (κ1) is 26.7. The van der Waals surface area contributed by atoms with Crippen LogP contribution < -0.4 is 14.9 Å². The largest absolute Gasteiger partial charge is 0.493 e. The standard InChI is InChI=1S/C27H21BrI2N2O4/c1-3-4-18-9-17(10-23(34-2)26(18)35-15-16-5-7-21(29)8-6-16)14-31-32-27(33)24-12-19-11-20(28)13-22(30)25(19)36-24/h3,5-14H,1,4,15H2,2H3,(H,32,33)/b31-14-. The summed E-state index contributed by atoms with van der Waals surface area (Å²) in [6.07, 6.45) is 3.94. The minimum Gasteiger partial charge on any atom is -0.493 e. The van der Waals surface area contributed by atoms with Crippen molar-refractivity contribution in [2.75, 3.05) is 7.11 Å². The Morgan fingerprint density at radius 2 is 1.94 bits per heavy atom. The lowest BCUT2D eigenvalue weighted by molar-refractivity contribution is 0.0929. The molecule has 4 aromatic rings. The van der Waals surface area contributed by atoms with Crippen LogP contribution in [0.15, 0.2) is 81.2 Å². The average Bonchev–Trinajstić information content (AvgIpc) is 3.29. The van der Waals surface area contributed by atoms with E-state index in [0.717, 1.165) is 30.1 Å². The zero-order valence-electron chi connectivity index (χ0n) is 19.2. The van der Waals surface area contributed by atoms with Crippen LogP contribution in [0, 0.1) is 7.14 Å². The van der Waals surface area contributed by atoms with Crippen molar-refractivity contribution in [3.63, 3.8) is 0 Å². The van der Waals surface area contributed by atoms with Crippen molar-refractivity contribution in [1.29, 1.82) is 0 Å². The zero-order chi connectivity index (χ0) is 25.7. The maximum atomic E-state index is 12.6. The van der Waals surface area contributed by atoms with Gasteiger partial charge in [-0.2, -0.15) is 5.10 Å². The van der Waals surface area contributed by atoms with Crippen molar-refractivity contribution < 1.29 is 18.7 Å². The molecule has 0 bridgehead atoms. The van der Waals surface area contributed by atoms with Crippen LogP contribution >= 0.6 is 61.1 Å². The monoisotopic (exact) mass is 770 g/mol. The minimum atomic E-state index is -0.440. The summed E-state index contributed by atoms with van der Waals surface area (Å²) in [5.74, 6) is 0.970. The van der Waals surface area contributed by atoms with Crippen LogP contribution in [0.25, 0.3) is 11.0 Å². The first-order valence-electron chi connectivity index (χ1n) is 10.8. The Morgan fingerprint density at radius 3 is 2.67 bits per heavy atom. The normalized spacial score (nSPS) is 11.1. The molecule has 1 heterocycles. The molecule has 0 saturated carbocycles. The second-order valence-corrected chi connectivity index (χ2v) is 11.1. The Hall–Kier alpha value is -2.38. The fraction of sp³-hybridized carbons (Fsp3) is 0.111. The minimum absolute atomic E-state index is 0.183. The molecule has 0 aliphatic carbocycles. The van der Waals surface area contributed by atoms with Gasteiger partial charge >= 0.3 is 5.91 Å². The van der Waals surface area contributed by atoms with E-state index < -0.39 is 5.91 Å². The Morgan fingerprint density at radius 1 is 1.17 bits per heavy atom. The van der Waals surface area contributed by atoms with Gasteiger partial charge < -0.3 is 13.9 Å². The predicted molar refractivity (Wildman–Crippen MR) is 162 cm³/mol. The lowest BCUT2D eigenvalue weighted by Gasteiger charge is -2.16. The fourth-order valence-corrected chi connectivity index (χ4v) is 5.55. The number of benzene rings is 3. The van der Waals surface area contributed by atoms with Crippen LogP contribution in [-0.2, 0) is 13.0 Å². The summed E-state index contributed by atoms with van der Waals surface area (Å²) < 4.78 is 20.5. The molecule has 0 saturated heterocycles. The van der Waals surface area contributed by atoms with Gasteiger partial charge in [0.25, 0.3) is 0 Å². The van der Waals surface area contributed by atoms with Crippen molar-refractivity contribution in [2.45, 2.75) is 13.0 Å². The summed E-state index contributed by atoms with van der Waals surface area (Å²) in [6, 6.07) is 17.4. The summed E-state index contributed by atoms with van der Waals surface area (Å²) in [5.41, 5.74) is 5.89.